The second kappa shape index (κ2) is 9.09. The number of hydrogen-bond donors (Lipinski definition) is 1. The predicted molar refractivity (Wildman–Crippen MR) is 103 cm³/mol. The first-order valence-electron chi connectivity index (χ1n) is 8.76. The second-order valence-corrected chi connectivity index (χ2v) is 6.09. The molecule has 0 saturated carbocycles. The summed E-state index contributed by atoms with van der Waals surface area (Å²) in [5, 5.41) is 2.71. The number of nitrogens with one attached hydrogen (secondary N) is 1. The molecule has 0 aliphatic carbocycles. The molecule has 0 bridgehead atoms. The summed E-state index contributed by atoms with van der Waals surface area (Å²) in [6, 6.07) is 11.6. The molecule has 3 rings (SSSR count). The molecule has 1 N–H and O–H groups in total. The van der Waals surface area contributed by atoms with Gasteiger partial charge < -0.3 is 14.6 Å². The Bertz CT molecular complexity index is 966. The molecule has 0 aliphatic rings. The lowest BCUT2D eigenvalue weighted by Gasteiger charge is -2.12. The Hall–Kier alpha value is -3.55. The number of alkyl halides is 3. The van der Waals surface area contributed by atoms with Crippen LogP contribution in [0.5, 0.6) is 5.75 Å². The molecule has 1 amide bonds. The Kier molecular flexibility index (Phi) is 6.33. The summed E-state index contributed by atoms with van der Waals surface area (Å²) >= 11 is 0. The van der Waals surface area contributed by atoms with Crippen LogP contribution in [0.3, 0.4) is 0 Å². The number of carbonyl (C=O) groups is 1. The van der Waals surface area contributed by atoms with Gasteiger partial charge in [0.1, 0.15) is 12.4 Å². The fourth-order valence-electron chi connectivity index (χ4n) is 2.51. The van der Waals surface area contributed by atoms with E-state index in [2.05, 4.69) is 10.3 Å². The van der Waals surface area contributed by atoms with Gasteiger partial charge >= 0.3 is 6.18 Å². The Morgan fingerprint density at radius 2 is 1.90 bits per heavy atom. The summed E-state index contributed by atoms with van der Waals surface area (Å²) in [4.78, 5) is 16.1. The first-order chi connectivity index (χ1) is 13.9. The summed E-state index contributed by atoms with van der Waals surface area (Å²) in [7, 11) is 0. The molecular formula is C21H18F3N3O2. The van der Waals surface area contributed by atoms with Gasteiger partial charge in [0.25, 0.3) is 0 Å². The van der Waals surface area contributed by atoms with Crippen LogP contribution < -0.4 is 10.1 Å². The van der Waals surface area contributed by atoms with E-state index >= 15 is 0 Å². The molecule has 150 valence electrons. The number of carbonyl (C=O) groups excluding carboxylic acids is 1. The number of imidazole rings is 1. The quantitative estimate of drug-likeness (QED) is 0.587. The Morgan fingerprint density at radius 3 is 2.59 bits per heavy atom. The minimum atomic E-state index is -4.39. The lowest BCUT2D eigenvalue weighted by atomic mass is 10.1. The van der Waals surface area contributed by atoms with Crippen LogP contribution >= 0.6 is 0 Å². The van der Waals surface area contributed by atoms with Crippen LogP contribution in [-0.4, -0.2) is 22.1 Å². The summed E-state index contributed by atoms with van der Waals surface area (Å²) < 4.78 is 45.3. The highest BCUT2D eigenvalue weighted by Gasteiger charge is 2.29. The average Bonchev–Trinajstić information content (AvgIpc) is 3.21. The van der Waals surface area contributed by atoms with Crippen molar-refractivity contribution >= 4 is 17.7 Å². The Morgan fingerprint density at radius 1 is 1.14 bits per heavy atom. The van der Waals surface area contributed by atoms with Gasteiger partial charge in [0.05, 0.1) is 24.1 Å². The predicted octanol–water partition coefficient (Wildman–Crippen LogP) is 4.63. The van der Waals surface area contributed by atoms with Gasteiger partial charge in [0.2, 0.25) is 5.91 Å². The van der Waals surface area contributed by atoms with Gasteiger partial charge in [-0.2, -0.15) is 13.2 Å². The molecular weight excluding hydrogens is 383 g/mol. The maximum absolute atomic E-state index is 12.6. The van der Waals surface area contributed by atoms with Gasteiger partial charge in [0, 0.05) is 18.5 Å². The molecule has 0 atom stereocenters. The number of aromatic nitrogens is 2. The van der Waals surface area contributed by atoms with Crippen molar-refractivity contribution in [3.05, 3.63) is 84.5 Å². The maximum Gasteiger partial charge on any atom is 0.416 e. The highest BCUT2D eigenvalue weighted by Crippen LogP contribution is 2.29. The van der Waals surface area contributed by atoms with Crippen molar-refractivity contribution < 1.29 is 22.7 Å². The van der Waals surface area contributed by atoms with E-state index < -0.39 is 17.6 Å². The van der Waals surface area contributed by atoms with E-state index in [4.69, 9.17) is 4.74 Å². The number of anilines is 1. The van der Waals surface area contributed by atoms with E-state index in [0.29, 0.717) is 30.2 Å². The number of benzene rings is 2. The number of rotatable bonds is 7. The van der Waals surface area contributed by atoms with E-state index in [9.17, 15) is 18.0 Å². The van der Waals surface area contributed by atoms with Gasteiger partial charge in [-0.3, -0.25) is 4.79 Å². The molecule has 3 aromatic rings. The minimum absolute atomic E-state index is 0.393. The summed E-state index contributed by atoms with van der Waals surface area (Å²) in [6.45, 7) is 1.00. The maximum atomic E-state index is 12.6. The third-order valence-corrected chi connectivity index (χ3v) is 3.98. The highest BCUT2D eigenvalue weighted by atomic mass is 19.4. The van der Waals surface area contributed by atoms with E-state index in [0.717, 1.165) is 12.1 Å². The Balaban J connectivity index is 1.58. The lowest BCUT2D eigenvalue weighted by molar-refractivity contribution is -0.137. The van der Waals surface area contributed by atoms with Crippen molar-refractivity contribution in [2.24, 2.45) is 0 Å². The van der Waals surface area contributed by atoms with Crippen LogP contribution in [0.1, 0.15) is 11.1 Å². The van der Waals surface area contributed by atoms with Crippen LogP contribution in [0, 0.1) is 0 Å². The van der Waals surface area contributed by atoms with Crippen molar-refractivity contribution in [2.45, 2.75) is 12.7 Å². The van der Waals surface area contributed by atoms with Crippen LogP contribution in [0.15, 0.2) is 73.3 Å². The summed E-state index contributed by atoms with van der Waals surface area (Å²) in [5.74, 6) is 0.0967. The largest absolute Gasteiger partial charge is 0.490 e. The number of ether oxygens (including phenoxy) is 1. The molecule has 0 radical (unpaired) electrons. The fourth-order valence-corrected chi connectivity index (χ4v) is 2.51. The van der Waals surface area contributed by atoms with Crippen molar-refractivity contribution in [1.82, 2.24) is 9.55 Å². The SMILES string of the molecule is O=C(/C=C/c1ccc(C(F)(F)F)cc1)Nc1ccccc1OCCn1ccnc1. The molecule has 2 aromatic carbocycles. The van der Waals surface area contributed by atoms with Gasteiger partial charge in [-0.25, -0.2) is 4.98 Å². The molecule has 0 unspecified atom stereocenters. The van der Waals surface area contributed by atoms with Gasteiger partial charge in [-0.15, -0.1) is 0 Å². The standard InChI is InChI=1S/C21H18F3N3O2/c22-21(23,24)17-8-5-16(6-9-17)7-10-20(28)26-18-3-1-2-4-19(18)29-14-13-27-12-11-25-15-27/h1-12,15H,13-14H2,(H,26,28)/b10-7+. The molecule has 1 aromatic heterocycles. The number of halogens is 3. The molecule has 0 fully saturated rings. The Labute approximate surface area is 165 Å². The molecule has 1 heterocycles. The normalized spacial score (nSPS) is 11.6. The fraction of sp³-hybridized carbons (Fsp3) is 0.143. The summed E-state index contributed by atoms with van der Waals surface area (Å²) in [5.41, 5.74) is 0.249. The zero-order valence-corrected chi connectivity index (χ0v) is 15.3. The van der Waals surface area contributed by atoms with E-state index in [1.54, 1.807) is 36.8 Å². The molecule has 0 spiro atoms. The van der Waals surface area contributed by atoms with Crippen molar-refractivity contribution in [3.8, 4) is 5.75 Å². The highest BCUT2D eigenvalue weighted by molar-refractivity contribution is 6.02. The zero-order chi connectivity index (χ0) is 20.7. The number of para-hydroxylation sites is 2. The number of hydrogen-bond acceptors (Lipinski definition) is 3. The van der Waals surface area contributed by atoms with Crippen LogP contribution in [0.4, 0.5) is 18.9 Å². The van der Waals surface area contributed by atoms with Gasteiger partial charge in [0.15, 0.2) is 0 Å². The van der Waals surface area contributed by atoms with E-state index in [-0.39, 0.29) is 0 Å². The zero-order valence-electron chi connectivity index (χ0n) is 15.3. The van der Waals surface area contributed by atoms with Crippen molar-refractivity contribution in [1.29, 1.82) is 0 Å². The van der Waals surface area contributed by atoms with Crippen molar-refractivity contribution in [3.63, 3.8) is 0 Å². The molecule has 0 saturated heterocycles. The average molecular weight is 401 g/mol. The monoisotopic (exact) mass is 401 g/mol. The second-order valence-electron chi connectivity index (χ2n) is 6.09. The minimum Gasteiger partial charge on any atom is -0.490 e. The molecule has 8 heteroatoms. The van der Waals surface area contributed by atoms with E-state index in [1.165, 1.54) is 24.3 Å². The lowest BCUT2D eigenvalue weighted by Crippen LogP contribution is -2.11. The van der Waals surface area contributed by atoms with Crippen LogP contribution in [0.25, 0.3) is 6.08 Å². The smallest absolute Gasteiger partial charge is 0.416 e. The summed E-state index contributed by atoms with van der Waals surface area (Å²) in [6.07, 6.45) is 3.49. The number of amides is 1. The van der Waals surface area contributed by atoms with Gasteiger partial charge in [-0.05, 0) is 35.9 Å². The van der Waals surface area contributed by atoms with Crippen LogP contribution in [-0.2, 0) is 17.5 Å². The molecule has 29 heavy (non-hydrogen) atoms. The number of nitrogens with zero attached hydrogens (tertiary/aromatic N) is 2. The third-order valence-electron chi connectivity index (χ3n) is 3.98. The third kappa shape index (κ3) is 5.97. The molecule has 0 aliphatic heterocycles. The van der Waals surface area contributed by atoms with E-state index in [1.807, 2.05) is 10.8 Å². The van der Waals surface area contributed by atoms with Crippen LogP contribution in [0.2, 0.25) is 0 Å². The topological polar surface area (TPSA) is 56.1 Å². The van der Waals surface area contributed by atoms with Crippen molar-refractivity contribution in [2.75, 3.05) is 11.9 Å². The van der Waals surface area contributed by atoms with Gasteiger partial charge in [-0.1, -0.05) is 24.3 Å². The first kappa shape index (κ1) is 20.2. The molecule has 5 nitrogen and oxygen atoms in total. The first-order valence-corrected chi connectivity index (χ1v) is 8.76.